The van der Waals surface area contributed by atoms with Gasteiger partial charge in [0.05, 0.1) is 4.92 Å². The lowest BCUT2D eigenvalue weighted by Crippen LogP contribution is -2.30. The van der Waals surface area contributed by atoms with E-state index in [4.69, 9.17) is 0 Å². The fourth-order valence-corrected chi connectivity index (χ4v) is 2.32. The maximum atomic E-state index is 10.9. The molecule has 5 heteroatoms. The minimum atomic E-state index is -0.384. The van der Waals surface area contributed by atoms with Crippen LogP contribution in [0.2, 0.25) is 0 Å². The second kappa shape index (κ2) is 5.14. The van der Waals surface area contributed by atoms with Crippen LogP contribution >= 0.6 is 0 Å². The minimum Gasteiger partial charge on any atom is -0.508 e. The molecule has 1 fully saturated rings. The molecule has 1 aliphatic rings. The Bertz CT molecular complexity index is 414. The number of aromatic hydroxyl groups is 1. The molecule has 2 N–H and O–H groups in total. The van der Waals surface area contributed by atoms with Gasteiger partial charge in [-0.25, -0.2) is 0 Å². The highest BCUT2D eigenvalue weighted by molar-refractivity contribution is 5.45. The molecule has 5 nitrogen and oxygen atoms in total. The number of benzene rings is 1. The number of piperidine rings is 1. The first kappa shape index (κ1) is 11.9. The average molecular weight is 236 g/mol. The van der Waals surface area contributed by atoms with E-state index in [1.807, 2.05) is 0 Å². The third-order valence-corrected chi connectivity index (χ3v) is 3.17. The van der Waals surface area contributed by atoms with Crippen LogP contribution in [0.1, 0.15) is 18.4 Å². The van der Waals surface area contributed by atoms with Gasteiger partial charge in [0, 0.05) is 11.6 Å². The Morgan fingerprint density at radius 3 is 3.00 bits per heavy atom. The van der Waals surface area contributed by atoms with Crippen LogP contribution in [0, 0.1) is 16.0 Å². The molecule has 1 heterocycles. The summed E-state index contributed by atoms with van der Waals surface area (Å²) in [5.41, 5.74) is 0.733. The summed E-state index contributed by atoms with van der Waals surface area (Å²) in [5.74, 6) is 0.513. The predicted octanol–water partition coefficient (Wildman–Crippen LogP) is 1.84. The number of hydrogen-bond donors (Lipinski definition) is 2. The maximum absolute atomic E-state index is 10.9. The summed E-state index contributed by atoms with van der Waals surface area (Å²) in [6.07, 6.45) is 2.84. The van der Waals surface area contributed by atoms with Crippen LogP contribution in [0.4, 0.5) is 5.69 Å². The predicted molar refractivity (Wildman–Crippen MR) is 64.1 cm³/mol. The van der Waals surface area contributed by atoms with Crippen molar-refractivity contribution in [3.63, 3.8) is 0 Å². The number of rotatable bonds is 3. The van der Waals surface area contributed by atoms with Gasteiger partial charge in [-0.3, -0.25) is 10.1 Å². The van der Waals surface area contributed by atoms with E-state index in [0.29, 0.717) is 17.9 Å². The largest absolute Gasteiger partial charge is 0.508 e. The molecule has 1 aliphatic heterocycles. The Balaban J connectivity index is 2.17. The molecule has 0 amide bonds. The average Bonchev–Trinajstić information content (AvgIpc) is 2.30. The van der Waals surface area contributed by atoms with Crippen LogP contribution in [-0.4, -0.2) is 23.1 Å². The van der Waals surface area contributed by atoms with Gasteiger partial charge >= 0.3 is 0 Å². The lowest BCUT2D eigenvalue weighted by molar-refractivity contribution is -0.385. The number of nitro groups is 1. The van der Waals surface area contributed by atoms with Crippen LogP contribution in [0.25, 0.3) is 0 Å². The van der Waals surface area contributed by atoms with Crippen molar-refractivity contribution in [1.82, 2.24) is 5.32 Å². The van der Waals surface area contributed by atoms with Crippen LogP contribution in [0.15, 0.2) is 18.2 Å². The molecule has 1 atom stereocenters. The number of nitrogens with one attached hydrogen (secondary N) is 1. The lowest BCUT2D eigenvalue weighted by atomic mass is 9.91. The molecular formula is C12H16N2O3. The SMILES string of the molecule is O=[N+]([O-])c1ccc(O)cc1CC1CCCNC1. The van der Waals surface area contributed by atoms with Gasteiger partial charge in [-0.2, -0.15) is 0 Å². The second-order valence-corrected chi connectivity index (χ2v) is 4.49. The number of nitrogens with zero attached hydrogens (tertiary/aromatic N) is 1. The molecule has 92 valence electrons. The van der Waals surface area contributed by atoms with Crippen molar-refractivity contribution in [1.29, 1.82) is 0 Å². The van der Waals surface area contributed by atoms with E-state index in [2.05, 4.69) is 5.32 Å². The molecule has 2 rings (SSSR count). The minimum absolute atomic E-state index is 0.0920. The standard InChI is InChI=1S/C12H16N2O3/c15-11-3-4-12(14(16)17)10(7-11)6-9-2-1-5-13-8-9/h3-4,7,9,13,15H,1-2,5-6,8H2. The van der Waals surface area contributed by atoms with Crippen LogP contribution in [-0.2, 0) is 6.42 Å². The quantitative estimate of drug-likeness (QED) is 0.620. The van der Waals surface area contributed by atoms with Gasteiger partial charge in [-0.05, 0) is 50.4 Å². The van der Waals surface area contributed by atoms with Crippen LogP contribution in [0.3, 0.4) is 0 Å². The summed E-state index contributed by atoms with van der Waals surface area (Å²) in [6.45, 7) is 1.92. The number of phenols is 1. The van der Waals surface area contributed by atoms with Crippen molar-refractivity contribution in [2.45, 2.75) is 19.3 Å². The van der Waals surface area contributed by atoms with Crippen molar-refractivity contribution < 1.29 is 10.0 Å². The monoisotopic (exact) mass is 236 g/mol. The van der Waals surface area contributed by atoms with Gasteiger partial charge < -0.3 is 10.4 Å². The molecule has 0 spiro atoms. The zero-order chi connectivity index (χ0) is 12.3. The topological polar surface area (TPSA) is 75.4 Å². The van der Waals surface area contributed by atoms with E-state index >= 15 is 0 Å². The van der Waals surface area contributed by atoms with E-state index in [1.54, 1.807) is 0 Å². The molecule has 1 aromatic carbocycles. The summed E-state index contributed by atoms with van der Waals surface area (Å²) in [6, 6.07) is 4.24. The molecule has 1 aromatic rings. The fraction of sp³-hybridized carbons (Fsp3) is 0.500. The van der Waals surface area contributed by atoms with E-state index in [9.17, 15) is 15.2 Å². The van der Waals surface area contributed by atoms with E-state index in [1.165, 1.54) is 18.2 Å². The molecule has 0 aliphatic carbocycles. The third-order valence-electron chi connectivity index (χ3n) is 3.17. The van der Waals surface area contributed by atoms with Gasteiger partial charge in [0.15, 0.2) is 0 Å². The first-order chi connectivity index (χ1) is 8.16. The van der Waals surface area contributed by atoms with Gasteiger partial charge in [0.25, 0.3) is 5.69 Å². The molecule has 0 bridgehead atoms. The Labute approximate surface area is 99.6 Å². The summed E-state index contributed by atoms with van der Waals surface area (Å²) >= 11 is 0. The van der Waals surface area contributed by atoms with Crippen molar-refractivity contribution >= 4 is 5.69 Å². The summed E-state index contributed by atoms with van der Waals surface area (Å²) in [5, 5.41) is 23.6. The van der Waals surface area contributed by atoms with E-state index < -0.39 is 0 Å². The first-order valence-electron chi connectivity index (χ1n) is 5.84. The van der Waals surface area contributed by atoms with E-state index in [-0.39, 0.29) is 16.4 Å². The zero-order valence-corrected chi connectivity index (χ0v) is 9.56. The Morgan fingerprint density at radius 1 is 1.53 bits per heavy atom. The van der Waals surface area contributed by atoms with Gasteiger partial charge in [0.2, 0.25) is 0 Å². The molecule has 1 unspecified atom stereocenters. The number of hydrogen-bond acceptors (Lipinski definition) is 4. The molecule has 0 radical (unpaired) electrons. The summed E-state index contributed by atoms with van der Waals surface area (Å²) in [4.78, 5) is 10.5. The van der Waals surface area contributed by atoms with Crippen LogP contribution in [0.5, 0.6) is 5.75 Å². The molecule has 0 saturated carbocycles. The van der Waals surface area contributed by atoms with Gasteiger partial charge in [-0.1, -0.05) is 0 Å². The van der Waals surface area contributed by atoms with Crippen molar-refractivity contribution in [2.24, 2.45) is 5.92 Å². The Hall–Kier alpha value is -1.62. The van der Waals surface area contributed by atoms with Gasteiger partial charge in [0.1, 0.15) is 5.75 Å². The second-order valence-electron chi connectivity index (χ2n) is 4.49. The normalized spacial score (nSPS) is 20.1. The Morgan fingerprint density at radius 2 is 2.35 bits per heavy atom. The van der Waals surface area contributed by atoms with Crippen LogP contribution < -0.4 is 5.32 Å². The first-order valence-corrected chi connectivity index (χ1v) is 5.84. The number of nitro benzene ring substituents is 1. The van der Waals surface area contributed by atoms with Crippen molar-refractivity contribution in [3.8, 4) is 5.75 Å². The molecule has 0 aromatic heterocycles. The highest BCUT2D eigenvalue weighted by atomic mass is 16.6. The van der Waals surface area contributed by atoms with Crippen molar-refractivity contribution in [2.75, 3.05) is 13.1 Å². The zero-order valence-electron chi connectivity index (χ0n) is 9.56. The van der Waals surface area contributed by atoms with Gasteiger partial charge in [-0.15, -0.1) is 0 Å². The fourth-order valence-electron chi connectivity index (χ4n) is 2.32. The smallest absolute Gasteiger partial charge is 0.272 e. The summed E-state index contributed by atoms with van der Waals surface area (Å²) in [7, 11) is 0. The lowest BCUT2D eigenvalue weighted by Gasteiger charge is -2.22. The third kappa shape index (κ3) is 2.94. The van der Waals surface area contributed by atoms with E-state index in [0.717, 1.165) is 25.9 Å². The Kier molecular flexibility index (Phi) is 3.58. The molecule has 1 saturated heterocycles. The molecular weight excluding hydrogens is 220 g/mol. The highest BCUT2D eigenvalue weighted by Gasteiger charge is 2.20. The molecule has 17 heavy (non-hydrogen) atoms. The number of phenolic OH excluding ortho intramolecular Hbond substituents is 1. The maximum Gasteiger partial charge on any atom is 0.272 e. The highest BCUT2D eigenvalue weighted by Crippen LogP contribution is 2.27. The van der Waals surface area contributed by atoms with Crippen molar-refractivity contribution in [3.05, 3.63) is 33.9 Å². The summed E-state index contributed by atoms with van der Waals surface area (Å²) < 4.78 is 0.